The molecule has 2 aromatic rings. The lowest BCUT2D eigenvalue weighted by molar-refractivity contribution is -0.142. The van der Waals surface area contributed by atoms with Crippen molar-refractivity contribution in [3.8, 4) is 11.5 Å². The predicted octanol–water partition coefficient (Wildman–Crippen LogP) is 3.11. The molecule has 2 rings (SSSR count). The summed E-state index contributed by atoms with van der Waals surface area (Å²) in [5.41, 5.74) is 6.80. The Morgan fingerprint density at radius 3 is 2.64 bits per heavy atom. The zero-order valence-electron chi connectivity index (χ0n) is 13.9. The molecule has 1 unspecified atom stereocenters. The molecule has 0 aliphatic rings. The van der Waals surface area contributed by atoms with Gasteiger partial charge in [0.25, 0.3) is 0 Å². The van der Waals surface area contributed by atoms with Gasteiger partial charge in [0.15, 0.2) is 11.5 Å². The summed E-state index contributed by atoms with van der Waals surface area (Å²) in [5.74, 6) is -0.0557. The Morgan fingerprint density at radius 1 is 1.24 bits per heavy atom. The Balaban J connectivity index is 2.13. The van der Waals surface area contributed by atoms with Gasteiger partial charge in [-0.1, -0.05) is 23.7 Å². The summed E-state index contributed by atoms with van der Waals surface area (Å²) in [6.45, 7) is -0.0388. The Bertz CT molecular complexity index is 734. The fraction of sp³-hybridized carbons (Fsp3) is 0.278. The number of hydrogen-bond donors (Lipinski definition) is 1. The van der Waals surface area contributed by atoms with Crippen molar-refractivity contribution < 1.29 is 23.4 Å². The van der Waals surface area contributed by atoms with E-state index in [2.05, 4.69) is 4.74 Å². The Hall–Kier alpha value is -2.31. The molecule has 0 aliphatic carbocycles. The van der Waals surface area contributed by atoms with Gasteiger partial charge in [0, 0.05) is 5.56 Å². The van der Waals surface area contributed by atoms with Gasteiger partial charge < -0.3 is 19.9 Å². The van der Waals surface area contributed by atoms with Crippen LogP contribution in [0.5, 0.6) is 11.5 Å². The molecular weight excluding hydrogens is 349 g/mol. The normalized spacial score (nSPS) is 11.7. The van der Waals surface area contributed by atoms with E-state index >= 15 is 0 Å². The topological polar surface area (TPSA) is 70.8 Å². The molecule has 5 nitrogen and oxygen atoms in total. The maximum Gasteiger partial charge on any atom is 0.322 e. The monoisotopic (exact) mass is 367 g/mol. The van der Waals surface area contributed by atoms with E-state index in [1.807, 2.05) is 0 Å². The van der Waals surface area contributed by atoms with Crippen molar-refractivity contribution in [2.75, 3.05) is 14.2 Å². The summed E-state index contributed by atoms with van der Waals surface area (Å²) in [6.07, 6.45) is 0.294. The standard InChI is InChI=1S/C18H19ClFNO4/c1-23-17-9-11(8-15(21)18(22)24-2)6-7-16(17)25-10-12-13(19)4-3-5-14(12)20/h3-7,9,15H,8,10,21H2,1-2H3. The fourth-order valence-electron chi connectivity index (χ4n) is 2.27. The molecule has 0 aromatic heterocycles. The number of esters is 1. The Labute approximate surface area is 150 Å². The molecule has 2 aromatic carbocycles. The number of hydrogen-bond acceptors (Lipinski definition) is 5. The molecule has 7 heteroatoms. The van der Waals surface area contributed by atoms with E-state index in [1.165, 1.54) is 26.4 Å². The highest BCUT2D eigenvalue weighted by atomic mass is 35.5. The van der Waals surface area contributed by atoms with Crippen molar-refractivity contribution in [2.45, 2.75) is 19.1 Å². The molecule has 0 aliphatic heterocycles. The minimum Gasteiger partial charge on any atom is -0.493 e. The molecule has 0 spiro atoms. The largest absolute Gasteiger partial charge is 0.493 e. The maximum absolute atomic E-state index is 13.8. The van der Waals surface area contributed by atoms with Gasteiger partial charge in [-0.15, -0.1) is 0 Å². The second-order valence-electron chi connectivity index (χ2n) is 5.31. The fourth-order valence-corrected chi connectivity index (χ4v) is 2.48. The number of methoxy groups -OCH3 is 2. The molecule has 25 heavy (non-hydrogen) atoms. The van der Waals surface area contributed by atoms with Crippen molar-refractivity contribution in [3.63, 3.8) is 0 Å². The average Bonchev–Trinajstić information content (AvgIpc) is 2.61. The lowest BCUT2D eigenvalue weighted by Gasteiger charge is -2.14. The van der Waals surface area contributed by atoms with Crippen LogP contribution in [-0.4, -0.2) is 26.2 Å². The highest BCUT2D eigenvalue weighted by molar-refractivity contribution is 6.31. The second-order valence-corrected chi connectivity index (χ2v) is 5.72. The summed E-state index contributed by atoms with van der Waals surface area (Å²) >= 11 is 5.99. The van der Waals surface area contributed by atoms with Gasteiger partial charge in [0.05, 0.1) is 19.2 Å². The van der Waals surface area contributed by atoms with Gasteiger partial charge >= 0.3 is 5.97 Å². The van der Waals surface area contributed by atoms with Gasteiger partial charge in [0.2, 0.25) is 0 Å². The van der Waals surface area contributed by atoms with E-state index in [4.69, 9.17) is 26.8 Å². The second kappa shape index (κ2) is 8.69. The van der Waals surface area contributed by atoms with E-state index in [0.717, 1.165) is 5.56 Å². The number of nitrogens with two attached hydrogens (primary N) is 1. The first-order valence-electron chi connectivity index (χ1n) is 7.52. The van der Waals surface area contributed by atoms with Crippen LogP contribution in [0.4, 0.5) is 4.39 Å². The first-order chi connectivity index (χ1) is 12.0. The quantitative estimate of drug-likeness (QED) is 0.761. The predicted molar refractivity (Wildman–Crippen MR) is 92.4 cm³/mol. The zero-order chi connectivity index (χ0) is 18.4. The van der Waals surface area contributed by atoms with Crippen LogP contribution < -0.4 is 15.2 Å². The summed E-state index contributed by atoms with van der Waals surface area (Å²) in [4.78, 5) is 11.4. The lowest BCUT2D eigenvalue weighted by Crippen LogP contribution is -2.33. The Kier molecular flexibility index (Phi) is 6.61. The van der Waals surface area contributed by atoms with Crippen molar-refractivity contribution >= 4 is 17.6 Å². The molecule has 0 amide bonds. The lowest BCUT2D eigenvalue weighted by atomic mass is 10.1. The third-order valence-corrected chi connectivity index (χ3v) is 3.98. The average molecular weight is 368 g/mol. The summed E-state index contributed by atoms with van der Waals surface area (Å²) in [6, 6.07) is 8.81. The minimum absolute atomic E-state index is 0.0388. The van der Waals surface area contributed by atoms with Crippen LogP contribution in [0.15, 0.2) is 36.4 Å². The highest BCUT2D eigenvalue weighted by Gasteiger charge is 2.16. The summed E-state index contributed by atoms with van der Waals surface area (Å²) < 4.78 is 29.3. The van der Waals surface area contributed by atoms with Gasteiger partial charge in [-0.2, -0.15) is 0 Å². The molecular formula is C18H19ClFNO4. The van der Waals surface area contributed by atoms with Crippen molar-refractivity contribution in [2.24, 2.45) is 5.73 Å². The van der Waals surface area contributed by atoms with E-state index in [9.17, 15) is 9.18 Å². The van der Waals surface area contributed by atoms with Crippen LogP contribution in [0.1, 0.15) is 11.1 Å². The van der Waals surface area contributed by atoms with Gasteiger partial charge in [0.1, 0.15) is 18.5 Å². The van der Waals surface area contributed by atoms with Crippen molar-refractivity contribution in [3.05, 3.63) is 58.4 Å². The van der Waals surface area contributed by atoms with E-state index in [-0.39, 0.29) is 12.2 Å². The first-order valence-corrected chi connectivity index (χ1v) is 7.90. The van der Waals surface area contributed by atoms with Crippen LogP contribution in [0.3, 0.4) is 0 Å². The highest BCUT2D eigenvalue weighted by Crippen LogP contribution is 2.30. The number of halogens is 2. The molecule has 0 heterocycles. The summed E-state index contributed by atoms with van der Waals surface area (Å²) in [7, 11) is 2.77. The third kappa shape index (κ3) is 4.84. The number of rotatable bonds is 7. The van der Waals surface area contributed by atoms with Gasteiger partial charge in [-0.05, 0) is 36.2 Å². The molecule has 1 atom stereocenters. The Morgan fingerprint density at radius 2 is 2.00 bits per heavy atom. The number of carbonyl (C=O) groups is 1. The summed E-state index contributed by atoms with van der Waals surface area (Å²) in [5, 5.41) is 0.291. The molecule has 0 fully saturated rings. The molecule has 2 N–H and O–H groups in total. The zero-order valence-corrected chi connectivity index (χ0v) is 14.7. The van der Waals surface area contributed by atoms with E-state index < -0.39 is 17.8 Å². The molecule has 0 saturated carbocycles. The molecule has 0 radical (unpaired) electrons. The number of ether oxygens (including phenoxy) is 3. The first kappa shape index (κ1) is 19.0. The molecule has 134 valence electrons. The van der Waals surface area contributed by atoms with Crippen molar-refractivity contribution in [1.29, 1.82) is 0 Å². The number of benzene rings is 2. The van der Waals surface area contributed by atoms with Crippen LogP contribution in [0.25, 0.3) is 0 Å². The molecule has 0 saturated heterocycles. The van der Waals surface area contributed by atoms with Crippen LogP contribution in [0.2, 0.25) is 5.02 Å². The maximum atomic E-state index is 13.8. The minimum atomic E-state index is -0.765. The third-order valence-electron chi connectivity index (χ3n) is 3.62. The van der Waals surface area contributed by atoms with Gasteiger partial charge in [-0.25, -0.2) is 4.39 Å². The SMILES string of the molecule is COC(=O)C(N)Cc1ccc(OCc2c(F)cccc2Cl)c(OC)c1. The van der Waals surface area contributed by atoms with Crippen LogP contribution in [-0.2, 0) is 22.6 Å². The molecule has 0 bridgehead atoms. The smallest absolute Gasteiger partial charge is 0.322 e. The van der Waals surface area contributed by atoms with Gasteiger partial charge in [-0.3, -0.25) is 4.79 Å². The van der Waals surface area contributed by atoms with Crippen LogP contribution >= 0.6 is 11.6 Å². The van der Waals surface area contributed by atoms with E-state index in [0.29, 0.717) is 22.9 Å². The van der Waals surface area contributed by atoms with Crippen LogP contribution in [0, 0.1) is 5.82 Å². The van der Waals surface area contributed by atoms with Crippen molar-refractivity contribution in [1.82, 2.24) is 0 Å². The number of carbonyl (C=O) groups excluding carboxylic acids is 1. The van der Waals surface area contributed by atoms with E-state index in [1.54, 1.807) is 24.3 Å².